The first-order valence-corrected chi connectivity index (χ1v) is 13.3. The second-order valence-corrected chi connectivity index (χ2v) is 10.2. The SMILES string of the molecule is c1nc2c(NC3CCC(N4CCOCC4)CC3)nc(Nc3cnn(C4CCOCC4)c3)nc2s1. The van der Waals surface area contributed by atoms with E-state index in [0.29, 0.717) is 24.1 Å². The van der Waals surface area contributed by atoms with Crippen LogP contribution in [0.5, 0.6) is 0 Å². The van der Waals surface area contributed by atoms with Crippen molar-refractivity contribution in [1.29, 1.82) is 0 Å². The summed E-state index contributed by atoms with van der Waals surface area (Å²) in [6, 6.07) is 1.47. The number of anilines is 3. The first-order chi connectivity index (χ1) is 16.8. The zero-order chi connectivity index (χ0) is 22.7. The molecule has 0 spiro atoms. The summed E-state index contributed by atoms with van der Waals surface area (Å²) in [4.78, 5) is 17.5. The van der Waals surface area contributed by atoms with Gasteiger partial charge in [-0.3, -0.25) is 9.58 Å². The zero-order valence-electron chi connectivity index (χ0n) is 19.4. The summed E-state index contributed by atoms with van der Waals surface area (Å²) < 4.78 is 13.0. The van der Waals surface area contributed by atoms with Crippen LogP contribution in [0.1, 0.15) is 44.6 Å². The fourth-order valence-electron chi connectivity index (χ4n) is 5.32. The van der Waals surface area contributed by atoms with Gasteiger partial charge in [-0.1, -0.05) is 0 Å². The molecule has 3 aliphatic rings. The Labute approximate surface area is 203 Å². The maximum atomic E-state index is 5.52. The van der Waals surface area contributed by atoms with Crippen LogP contribution in [0.25, 0.3) is 10.3 Å². The van der Waals surface area contributed by atoms with Gasteiger partial charge in [0.15, 0.2) is 10.6 Å². The van der Waals surface area contributed by atoms with Crippen LogP contribution < -0.4 is 10.6 Å². The predicted octanol–water partition coefficient (Wildman–Crippen LogP) is 3.43. The molecule has 1 aliphatic carbocycles. The molecule has 1 saturated carbocycles. The Balaban J connectivity index is 1.13. The van der Waals surface area contributed by atoms with E-state index in [1.54, 1.807) is 0 Å². The van der Waals surface area contributed by atoms with Crippen LogP contribution in [-0.4, -0.2) is 81.2 Å². The molecule has 0 bridgehead atoms. The van der Waals surface area contributed by atoms with E-state index in [4.69, 9.17) is 19.4 Å². The molecule has 6 rings (SSSR count). The third-order valence-electron chi connectivity index (χ3n) is 7.22. The number of fused-ring (bicyclic) bond motifs is 1. The third kappa shape index (κ3) is 4.88. The molecule has 3 fully saturated rings. The molecule has 2 aliphatic heterocycles. The Morgan fingerprint density at radius 3 is 2.53 bits per heavy atom. The van der Waals surface area contributed by atoms with E-state index < -0.39 is 0 Å². The first kappa shape index (κ1) is 22.1. The minimum Gasteiger partial charge on any atom is -0.381 e. The van der Waals surface area contributed by atoms with E-state index in [1.165, 1.54) is 24.2 Å². The molecule has 2 saturated heterocycles. The highest BCUT2D eigenvalue weighted by Crippen LogP contribution is 2.30. The number of ether oxygens (including phenoxy) is 2. The molecular weight excluding hydrogens is 452 g/mol. The van der Waals surface area contributed by atoms with Crippen LogP contribution in [0, 0.1) is 0 Å². The lowest BCUT2D eigenvalue weighted by Gasteiger charge is -2.39. The van der Waals surface area contributed by atoms with Crippen molar-refractivity contribution in [3.8, 4) is 0 Å². The van der Waals surface area contributed by atoms with Crippen LogP contribution in [-0.2, 0) is 9.47 Å². The van der Waals surface area contributed by atoms with Gasteiger partial charge in [0.25, 0.3) is 0 Å². The number of thiazole rings is 1. The Morgan fingerprint density at radius 1 is 0.912 bits per heavy atom. The molecule has 3 aromatic rings. The number of hydrogen-bond donors (Lipinski definition) is 2. The van der Waals surface area contributed by atoms with Crippen molar-refractivity contribution >= 4 is 39.1 Å². The highest BCUT2D eigenvalue weighted by atomic mass is 32.1. The first-order valence-electron chi connectivity index (χ1n) is 12.4. The molecule has 0 aromatic carbocycles. The second-order valence-electron chi connectivity index (χ2n) is 9.38. The lowest BCUT2D eigenvalue weighted by atomic mass is 9.90. The Hall–Kier alpha value is -2.34. The molecule has 182 valence electrons. The summed E-state index contributed by atoms with van der Waals surface area (Å²) in [6.45, 7) is 5.45. The number of nitrogens with one attached hydrogen (secondary N) is 2. The van der Waals surface area contributed by atoms with Gasteiger partial charge in [0.05, 0.1) is 36.7 Å². The summed E-state index contributed by atoms with van der Waals surface area (Å²) in [5.74, 6) is 1.40. The highest BCUT2D eigenvalue weighted by Gasteiger charge is 2.27. The lowest BCUT2D eigenvalue weighted by molar-refractivity contribution is 0.00791. The summed E-state index contributed by atoms with van der Waals surface area (Å²) in [5, 5.41) is 11.6. The summed E-state index contributed by atoms with van der Waals surface area (Å²) in [5.41, 5.74) is 3.59. The van der Waals surface area contributed by atoms with Crippen LogP contribution in [0.4, 0.5) is 17.5 Å². The van der Waals surface area contributed by atoms with Crippen LogP contribution >= 0.6 is 11.3 Å². The largest absolute Gasteiger partial charge is 0.381 e. The molecule has 10 nitrogen and oxygen atoms in total. The average Bonchev–Trinajstić information content (AvgIpc) is 3.56. The number of nitrogens with zero attached hydrogens (tertiary/aromatic N) is 6. The summed E-state index contributed by atoms with van der Waals surface area (Å²) >= 11 is 1.54. The predicted molar refractivity (Wildman–Crippen MR) is 132 cm³/mol. The second kappa shape index (κ2) is 10.1. The quantitative estimate of drug-likeness (QED) is 0.545. The van der Waals surface area contributed by atoms with Crippen LogP contribution in [0.15, 0.2) is 17.9 Å². The number of aromatic nitrogens is 5. The van der Waals surface area contributed by atoms with E-state index >= 15 is 0 Å². The highest BCUT2D eigenvalue weighted by molar-refractivity contribution is 7.16. The van der Waals surface area contributed by atoms with Crippen molar-refractivity contribution in [3.05, 3.63) is 17.9 Å². The lowest BCUT2D eigenvalue weighted by Crippen LogP contribution is -2.46. The Morgan fingerprint density at radius 2 is 1.71 bits per heavy atom. The van der Waals surface area contributed by atoms with Gasteiger partial charge in [0.2, 0.25) is 5.95 Å². The van der Waals surface area contributed by atoms with E-state index in [0.717, 1.165) is 87.1 Å². The minimum absolute atomic E-state index is 0.388. The molecule has 0 radical (unpaired) electrons. The van der Waals surface area contributed by atoms with Gasteiger partial charge in [0, 0.05) is 44.6 Å². The van der Waals surface area contributed by atoms with E-state index in [2.05, 4.69) is 25.6 Å². The molecule has 2 N–H and O–H groups in total. The summed E-state index contributed by atoms with van der Waals surface area (Å²) in [7, 11) is 0. The normalized spacial score (nSPS) is 24.9. The van der Waals surface area contributed by atoms with Crippen molar-refractivity contribution in [2.75, 3.05) is 50.2 Å². The molecule has 0 amide bonds. The smallest absolute Gasteiger partial charge is 0.230 e. The van der Waals surface area contributed by atoms with E-state index in [-0.39, 0.29) is 0 Å². The maximum absolute atomic E-state index is 5.52. The molecule has 0 unspecified atom stereocenters. The monoisotopic (exact) mass is 484 g/mol. The molecular formula is C23H32N8O2S. The Bertz CT molecular complexity index is 1080. The Kier molecular flexibility index (Phi) is 6.58. The van der Waals surface area contributed by atoms with Crippen molar-refractivity contribution in [1.82, 2.24) is 29.6 Å². The van der Waals surface area contributed by atoms with Crippen molar-refractivity contribution < 1.29 is 9.47 Å². The molecule has 0 atom stereocenters. The zero-order valence-corrected chi connectivity index (χ0v) is 20.2. The fourth-order valence-corrected chi connectivity index (χ4v) is 5.98. The van der Waals surface area contributed by atoms with Gasteiger partial charge in [0.1, 0.15) is 5.52 Å². The van der Waals surface area contributed by atoms with E-state index in [9.17, 15) is 0 Å². The number of rotatable bonds is 6. The van der Waals surface area contributed by atoms with Crippen LogP contribution in [0.3, 0.4) is 0 Å². The summed E-state index contributed by atoms with van der Waals surface area (Å²) in [6.07, 6.45) is 10.6. The number of hydrogen-bond acceptors (Lipinski definition) is 10. The van der Waals surface area contributed by atoms with Gasteiger partial charge in [-0.25, -0.2) is 4.98 Å². The standard InChI is InChI=1S/C23H32N8O2S/c1-3-18(30-7-11-33-12-8-30)4-2-16(1)26-21-20-22(34-15-24-20)29-23(28-21)27-17-13-25-31(14-17)19-5-9-32-10-6-19/h13-16,18-19H,1-12H2,(H2,26,27,28,29). The topological polar surface area (TPSA) is 102 Å². The van der Waals surface area contributed by atoms with Crippen molar-refractivity contribution in [3.63, 3.8) is 0 Å². The van der Waals surface area contributed by atoms with E-state index in [1.807, 2.05) is 22.6 Å². The van der Waals surface area contributed by atoms with Crippen molar-refractivity contribution in [2.24, 2.45) is 0 Å². The third-order valence-corrected chi connectivity index (χ3v) is 7.94. The van der Waals surface area contributed by atoms with Gasteiger partial charge in [-0.05, 0) is 38.5 Å². The number of morpholine rings is 1. The van der Waals surface area contributed by atoms with Crippen molar-refractivity contribution in [2.45, 2.75) is 56.7 Å². The van der Waals surface area contributed by atoms with Gasteiger partial charge in [-0.15, -0.1) is 11.3 Å². The molecule has 11 heteroatoms. The average molecular weight is 485 g/mol. The molecule has 34 heavy (non-hydrogen) atoms. The van der Waals surface area contributed by atoms with Gasteiger partial charge in [-0.2, -0.15) is 15.1 Å². The minimum atomic E-state index is 0.388. The van der Waals surface area contributed by atoms with Gasteiger partial charge < -0.3 is 20.1 Å². The molecule has 5 heterocycles. The van der Waals surface area contributed by atoms with Crippen LogP contribution in [0.2, 0.25) is 0 Å². The van der Waals surface area contributed by atoms with Gasteiger partial charge >= 0.3 is 0 Å². The molecule has 3 aromatic heterocycles. The fraction of sp³-hybridized carbons (Fsp3) is 0.652. The maximum Gasteiger partial charge on any atom is 0.230 e.